The zero-order valence-electron chi connectivity index (χ0n) is 18.1. The van der Waals surface area contributed by atoms with E-state index >= 15 is 0 Å². The lowest BCUT2D eigenvalue weighted by Gasteiger charge is -2.34. The molecule has 0 saturated carbocycles. The van der Waals surface area contributed by atoms with E-state index in [2.05, 4.69) is 23.5 Å². The van der Waals surface area contributed by atoms with Gasteiger partial charge in [-0.2, -0.15) is 0 Å². The fourth-order valence-electron chi connectivity index (χ4n) is 4.87. The van der Waals surface area contributed by atoms with E-state index in [4.69, 9.17) is 4.74 Å². The smallest absolute Gasteiger partial charge is 0.337 e. The molecule has 1 atom stereocenters. The van der Waals surface area contributed by atoms with Crippen LogP contribution >= 0.6 is 0 Å². The third-order valence-corrected chi connectivity index (χ3v) is 6.34. The topological polar surface area (TPSA) is 55.4 Å². The summed E-state index contributed by atoms with van der Waals surface area (Å²) in [5.74, 6) is -0.715. The molecule has 3 aromatic rings. The molecule has 0 spiro atoms. The van der Waals surface area contributed by atoms with Crippen molar-refractivity contribution in [3.8, 4) is 0 Å². The first-order valence-corrected chi connectivity index (χ1v) is 11.1. The Morgan fingerprint density at radius 1 is 0.969 bits per heavy atom. The maximum atomic E-state index is 13.4. The van der Waals surface area contributed by atoms with Crippen LogP contribution < -0.4 is 5.32 Å². The first-order chi connectivity index (χ1) is 15.6. The Balaban J connectivity index is 1.61. The summed E-state index contributed by atoms with van der Waals surface area (Å²) in [7, 11) is 0. The van der Waals surface area contributed by atoms with Gasteiger partial charge in [0.15, 0.2) is 5.78 Å². The Labute approximate surface area is 187 Å². The first-order valence-electron chi connectivity index (χ1n) is 11.1. The van der Waals surface area contributed by atoms with Crippen LogP contribution in [0.3, 0.4) is 0 Å². The van der Waals surface area contributed by atoms with Crippen molar-refractivity contribution in [1.29, 1.82) is 0 Å². The number of benzene rings is 3. The third-order valence-electron chi connectivity index (χ3n) is 6.34. The van der Waals surface area contributed by atoms with Gasteiger partial charge in [0.1, 0.15) is 6.61 Å². The van der Waals surface area contributed by atoms with Gasteiger partial charge in [-0.1, -0.05) is 72.8 Å². The molecule has 1 aliphatic heterocycles. The van der Waals surface area contributed by atoms with Crippen molar-refractivity contribution in [1.82, 2.24) is 5.32 Å². The number of esters is 1. The fraction of sp³-hybridized carbons (Fsp3) is 0.214. The molecule has 0 saturated heterocycles. The molecule has 4 nitrogen and oxygen atoms in total. The number of dihydropyridines is 1. The molecule has 2 aliphatic rings. The van der Waals surface area contributed by atoms with E-state index in [0.717, 1.165) is 46.1 Å². The minimum absolute atomic E-state index is 0.109. The van der Waals surface area contributed by atoms with Gasteiger partial charge in [0.2, 0.25) is 0 Å². The number of rotatable bonds is 4. The predicted octanol–water partition coefficient (Wildman–Crippen LogP) is 5.55. The molecule has 0 fully saturated rings. The van der Waals surface area contributed by atoms with Gasteiger partial charge < -0.3 is 10.1 Å². The number of hydrogen-bond acceptors (Lipinski definition) is 4. The number of carbonyl (C=O) groups is 2. The van der Waals surface area contributed by atoms with E-state index in [1.165, 1.54) is 0 Å². The first kappa shape index (κ1) is 20.3. The predicted molar refractivity (Wildman–Crippen MR) is 125 cm³/mol. The third kappa shape index (κ3) is 3.62. The Morgan fingerprint density at radius 2 is 1.72 bits per heavy atom. The number of hydrogen-bond donors (Lipinski definition) is 1. The minimum atomic E-state index is -0.437. The van der Waals surface area contributed by atoms with Crippen LogP contribution in [0.15, 0.2) is 95.3 Å². The molecule has 1 aliphatic carbocycles. The van der Waals surface area contributed by atoms with Crippen LogP contribution in [0.4, 0.5) is 0 Å². The number of allylic oxidation sites excluding steroid dienone is 3. The van der Waals surface area contributed by atoms with E-state index in [0.29, 0.717) is 17.6 Å². The summed E-state index contributed by atoms with van der Waals surface area (Å²) in [5, 5.41) is 5.50. The Bertz CT molecular complexity index is 1260. The second-order valence-corrected chi connectivity index (χ2v) is 8.40. The van der Waals surface area contributed by atoms with Gasteiger partial charge in [-0.15, -0.1) is 0 Å². The average Bonchev–Trinajstić information content (AvgIpc) is 2.82. The van der Waals surface area contributed by atoms with E-state index < -0.39 is 5.92 Å². The van der Waals surface area contributed by atoms with Gasteiger partial charge in [-0.25, -0.2) is 4.79 Å². The number of ketones is 1. The number of fused-ring (bicyclic) bond motifs is 1. The molecule has 1 heterocycles. The molecular formula is C28H25NO3. The van der Waals surface area contributed by atoms with Gasteiger partial charge in [0, 0.05) is 29.3 Å². The lowest BCUT2D eigenvalue weighted by Crippen LogP contribution is -2.34. The zero-order chi connectivity index (χ0) is 22.1. The SMILES string of the molecule is CC1=C(C(=O)OCc2ccccc2)[C@H](c2cccc3ccccc23)C2=C(CCCC2=O)N1. The summed E-state index contributed by atoms with van der Waals surface area (Å²) in [6.45, 7) is 2.10. The minimum Gasteiger partial charge on any atom is -0.457 e. The quantitative estimate of drug-likeness (QED) is 0.559. The monoisotopic (exact) mass is 423 g/mol. The highest BCUT2D eigenvalue weighted by Crippen LogP contribution is 2.44. The summed E-state index contributed by atoms with van der Waals surface area (Å²) in [6.07, 6.45) is 2.15. The Kier molecular flexibility index (Phi) is 5.36. The van der Waals surface area contributed by atoms with Crippen LogP contribution in [0.2, 0.25) is 0 Å². The molecule has 0 aromatic heterocycles. The molecule has 5 rings (SSSR count). The highest BCUT2D eigenvalue weighted by Gasteiger charge is 2.39. The Hall–Kier alpha value is -3.66. The molecule has 32 heavy (non-hydrogen) atoms. The lowest BCUT2D eigenvalue weighted by molar-refractivity contribution is -0.140. The lowest BCUT2D eigenvalue weighted by atomic mass is 9.74. The van der Waals surface area contributed by atoms with Gasteiger partial charge >= 0.3 is 5.97 Å². The van der Waals surface area contributed by atoms with Crippen molar-refractivity contribution in [3.63, 3.8) is 0 Å². The van der Waals surface area contributed by atoms with Crippen LogP contribution in [0.5, 0.6) is 0 Å². The highest BCUT2D eigenvalue weighted by atomic mass is 16.5. The molecule has 1 N–H and O–H groups in total. The molecular weight excluding hydrogens is 398 g/mol. The van der Waals surface area contributed by atoms with Gasteiger partial charge in [-0.05, 0) is 41.7 Å². The maximum absolute atomic E-state index is 13.4. The molecule has 4 heteroatoms. The molecule has 160 valence electrons. The van der Waals surface area contributed by atoms with Crippen LogP contribution in [0, 0.1) is 0 Å². The molecule has 0 unspecified atom stereocenters. The van der Waals surface area contributed by atoms with Crippen molar-refractivity contribution in [2.75, 3.05) is 0 Å². The number of ether oxygens (including phenoxy) is 1. The molecule has 0 amide bonds. The Morgan fingerprint density at radius 3 is 2.56 bits per heavy atom. The van der Waals surface area contributed by atoms with Crippen molar-refractivity contribution in [3.05, 3.63) is 106 Å². The van der Waals surface area contributed by atoms with Crippen molar-refractivity contribution >= 4 is 22.5 Å². The zero-order valence-corrected chi connectivity index (χ0v) is 18.1. The largest absolute Gasteiger partial charge is 0.457 e. The second kappa shape index (κ2) is 8.46. The summed E-state index contributed by atoms with van der Waals surface area (Å²) in [4.78, 5) is 26.6. The molecule has 3 aromatic carbocycles. The average molecular weight is 424 g/mol. The number of nitrogens with one attached hydrogen (secondary N) is 1. The second-order valence-electron chi connectivity index (χ2n) is 8.40. The van der Waals surface area contributed by atoms with Crippen molar-refractivity contribution in [2.45, 2.75) is 38.7 Å². The van der Waals surface area contributed by atoms with E-state index in [9.17, 15) is 9.59 Å². The van der Waals surface area contributed by atoms with Crippen molar-refractivity contribution in [2.24, 2.45) is 0 Å². The van der Waals surface area contributed by atoms with Gasteiger partial charge in [0.05, 0.1) is 5.57 Å². The van der Waals surface area contributed by atoms with Gasteiger partial charge in [0.25, 0.3) is 0 Å². The normalized spacial score (nSPS) is 18.4. The maximum Gasteiger partial charge on any atom is 0.337 e. The summed E-state index contributed by atoms with van der Waals surface area (Å²) < 4.78 is 5.75. The van der Waals surface area contributed by atoms with E-state index in [1.54, 1.807) is 0 Å². The summed E-state index contributed by atoms with van der Waals surface area (Å²) in [6, 6.07) is 23.8. The van der Waals surface area contributed by atoms with Crippen LogP contribution in [0.1, 0.15) is 43.2 Å². The summed E-state index contributed by atoms with van der Waals surface area (Å²) in [5.41, 5.74) is 4.83. The summed E-state index contributed by atoms with van der Waals surface area (Å²) >= 11 is 0. The van der Waals surface area contributed by atoms with E-state index in [1.807, 2.05) is 61.5 Å². The van der Waals surface area contributed by atoms with Crippen LogP contribution in [0.25, 0.3) is 10.8 Å². The fourth-order valence-corrected chi connectivity index (χ4v) is 4.87. The number of carbonyl (C=O) groups excluding carboxylic acids is 2. The molecule has 0 bridgehead atoms. The molecule has 0 radical (unpaired) electrons. The van der Waals surface area contributed by atoms with Crippen LogP contribution in [-0.2, 0) is 20.9 Å². The van der Waals surface area contributed by atoms with E-state index in [-0.39, 0.29) is 18.4 Å². The van der Waals surface area contributed by atoms with Crippen molar-refractivity contribution < 1.29 is 14.3 Å². The number of Topliss-reactive ketones (excluding diaryl/α,β-unsaturated/α-hetero) is 1. The highest BCUT2D eigenvalue weighted by molar-refractivity contribution is 6.05. The standard InChI is InChI=1S/C28H25NO3/c1-18-25(28(31)32-17-19-9-3-2-4-10-19)26(27-23(29-18)15-8-16-24(27)30)22-14-7-12-20-11-5-6-13-21(20)22/h2-7,9-14,26,29H,8,15-17H2,1H3/t26-/m0/s1. The van der Waals surface area contributed by atoms with Crippen LogP contribution in [-0.4, -0.2) is 11.8 Å². The van der Waals surface area contributed by atoms with Gasteiger partial charge in [-0.3, -0.25) is 4.79 Å².